The second kappa shape index (κ2) is 7.60. The molecule has 0 saturated carbocycles. The second-order valence-corrected chi connectivity index (χ2v) is 5.94. The highest BCUT2D eigenvalue weighted by molar-refractivity contribution is 6.06. The van der Waals surface area contributed by atoms with Crippen molar-refractivity contribution in [1.29, 1.82) is 0 Å². The van der Waals surface area contributed by atoms with E-state index >= 15 is 0 Å². The molecule has 2 aromatic heterocycles. The number of rotatable bonds is 5. The van der Waals surface area contributed by atoms with Gasteiger partial charge in [0.25, 0.3) is 5.91 Å². The van der Waals surface area contributed by atoms with Crippen LogP contribution in [0.25, 0.3) is 0 Å². The van der Waals surface area contributed by atoms with Crippen LogP contribution in [0.4, 0.5) is 11.4 Å². The summed E-state index contributed by atoms with van der Waals surface area (Å²) in [4.78, 5) is 28.5. The van der Waals surface area contributed by atoms with Gasteiger partial charge in [-0.2, -0.15) is 5.10 Å². The van der Waals surface area contributed by atoms with E-state index in [0.717, 1.165) is 11.1 Å². The lowest BCUT2D eigenvalue weighted by atomic mass is 10.0. The van der Waals surface area contributed by atoms with Gasteiger partial charge in [0.05, 0.1) is 23.8 Å². The minimum absolute atomic E-state index is 0.0359. The van der Waals surface area contributed by atoms with Gasteiger partial charge >= 0.3 is 0 Å². The highest BCUT2D eigenvalue weighted by Crippen LogP contribution is 2.16. The summed E-state index contributed by atoms with van der Waals surface area (Å²) in [6.45, 7) is 3.83. The van der Waals surface area contributed by atoms with Crippen LogP contribution < -0.4 is 10.6 Å². The van der Waals surface area contributed by atoms with Crippen LogP contribution >= 0.6 is 0 Å². The van der Waals surface area contributed by atoms with E-state index in [2.05, 4.69) is 20.7 Å². The number of pyridine rings is 1. The Bertz CT molecular complexity index is 914. The monoisotopic (exact) mass is 349 g/mol. The standard InChI is InChI=1S/C19H19N5O2/c1-13-5-3-6-14(2)18(13)19(26)23-16-10-21-24(11-16)12-17(25)22-15-7-4-8-20-9-15/h3-11H,12H2,1-2H3,(H,22,25)(H,23,26). The molecular weight excluding hydrogens is 330 g/mol. The molecule has 0 atom stereocenters. The lowest BCUT2D eigenvalue weighted by Crippen LogP contribution is -2.19. The van der Waals surface area contributed by atoms with Gasteiger partial charge in [-0.05, 0) is 37.1 Å². The Morgan fingerprint density at radius 2 is 1.77 bits per heavy atom. The number of aromatic nitrogens is 3. The van der Waals surface area contributed by atoms with Gasteiger partial charge in [-0.15, -0.1) is 0 Å². The molecule has 2 heterocycles. The van der Waals surface area contributed by atoms with Crippen LogP contribution in [0.5, 0.6) is 0 Å². The molecule has 0 bridgehead atoms. The third-order valence-electron chi connectivity index (χ3n) is 3.85. The van der Waals surface area contributed by atoms with E-state index in [-0.39, 0.29) is 18.4 Å². The van der Waals surface area contributed by atoms with Gasteiger partial charge in [0.2, 0.25) is 5.91 Å². The predicted octanol–water partition coefficient (Wildman–Crippen LogP) is 2.79. The minimum atomic E-state index is -0.228. The van der Waals surface area contributed by atoms with Crippen LogP contribution in [-0.4, -0.2) is 26.6 Å². The fourth-order valence-electron chi connectivity index (χ4n) is 2.67. The normalized spacial score (nSPS) is 10.4. The zero-order valence-electron chi connectivity index (χ0n) is 14.6. The number of carbonyl (C=O) groups excluding carboxylic acids is 2. The Morgan fingerprint density at radius 1 is 1.00 bits per heavy atom. The number of hydrogen-bond donors (Lipinski definition) is 2. The van der Waals surface area contributed by atoms with E-state index in [9.17, 15) is 9.59 Å². The average Bonchev–Trinajstić information content (AvgIpc) is 3.02. The van der Waals surface area contributed by atoms with Gasteiger partial charge in [-0.25, -0.2) is 0 Å². The molecule has 0 unspecified atom stereocenters. The fourth-order valence-corrected chi connectivity index (χ4v) is 2.67. The van der Waals surface area contributed by atoms with Gasteiger partial charge in [-0.3, -0.25) is 19.3 Å². The topological polar surface area (TPSA) is 88.9 Å². The third kappa shape index (κ3) is 4.13. The molecule has 0 saturated heterocycles. The Labute approximate surface area is 151 Å². The molecule has 0 aliphatic heterocycles. The lowest BCUT2D eigenvalue weighted by Gasteiger charge is -2.09. The first-order chi connectivity index (χ1) is 12.5. The molecule has 3 aromatic rings. The Kier molecular flexibility index (Phi) is 5.07. The largest absolute Gasteiger partial charge is 0.323 e. The maximum absolute atomic E-state index is 12.5. The van der Waals surface area contributed by atoms with Crippen LogP contribution in [-0.2, 0) is 11.3 Å². The molecule has 0 radical (unpaired) electrons. The van der Waals surface area contributed by atoms with E-state index in [4.69, 9.17) is 0 Å². The SMILES string of the molecule is Cc1cccc(C)c1C(=O)Nc1cnn(CC(=O)Nc2cccnc2)c1. The molecule has 7 nitrogen and oxygen atoms in total. The van der Waals surface area contributed by atoms with Crippen molar-refractivity contribution in [3.8, 4) is 0 Å². The van der Waals surface area contributed by atoms with Crippen molar-refractivity contribution in [3.05, 3.63) is 71.8 Å². The average molecular weight is 349 g/mol. The molecule has 1 aromatic carbocycles. The number of nitrogens with one attached hydrogen (secondary N) is 2. The van der Waals surface area contributed by atoms with Crippen LogP contribution in [0.3, 0.4) is 0 Å². The van der Waals surface area contributed by atoms with Crippen molar-refractivity contribution >= 4 is 23.2 Å². The Balaban J connectivity index is 1.63. The van der Waals surface area contributed by atoms with Crippen LogP contribution in [0.1, 0.15) is 21.5 Å². The summed E-state index contributed by atoms with van der Waals surface area (Å²) in [5.74, 6) is -0.423. The summed E-state index contributed by atoms with van der Waals surface area (Å²) < 4.78 is 1.46. The zero-order chi connectivity index (χ0) is 18.5. The Morgan fingerprint density at radius 3 is 2.46 bits per heavy atom. The summed E-state index contributed by atoms with van der Waals surface area (Å²) in [5, 5.41) is 9.67. The lowest BCUT2D eigenvalue weighted by molar-refractivity contribution is -0.116. The van der Waals surface area contributed by atoms with E-state index in [1.165, 1.54) is 10.9 Å². The third-order valence-corrected chi connectivity index (χ3v) is 3.85. The molecule has 0 fully saturated rings. The highest BCUT2D eigenvalue weighted by Gasteiger charge is 2.13. The van der Waals surface area contributed by atoms with E-state index in [1.807, 2.05) is 32.0 Å². The number of benzene rings is 1. The number of anilines is 2. The second-order valence-electron chi connectivity index (χ2n) is 5.94. The van der Waals surface area contributed by atoms with Crippen LogP contribution in [0, 0.1) is 13.8 Å². The number of hydrogen-bond acceptors (Lipinski definition) is 4. The zero-order valence-corrected chi connectivity index (χ0v) is 14.6. The first-order valence-corrected chi connectivity index (χ1v) is 8.13. The van der Waals surface area contributed by atoms with E-state index < -0.39 is 0 Å². The van der Waals surface area contributed by atoms with Gasteiger partial charge in [0.15, 0.2) is 0 Å². The van der Waals surface area contributed by atoms with Crippen molar-refractivity contribution in [2.24, 2.45) is 0 Å². The number of carbonyl (C=O) groups is 2. The quantitative estimate of drug-likeness (QED) is 0.741. The fraction of sp³-hybridized carbons (Fsp3) is 0.158. The van der Waals surface area contributed by atoms with Crippen LogP contribution in [0.15, 0.2) is 55.1 Å². The van der Waals surface area contributed by atoms with Gasteiger partial charge in [0.1, 0.15) is 6.54 Å². The van der Waals surface area contributed by atoms with Crippen molar-refractivity contribution in [3.63, 3.8) is 0 Å². The van der Waals surface area contributed by atoms with E-state index in [1.54, 1.807) is 30.7 Å². The van der Waals surface area contributed by atoms with Crippen molar-refractivity contribution in [2.45, 2.75) is 20.4 Å². The summed E-state index contributed by atoms with van der Waals surface area (Å²) >= 11 is 0. The highest BCUT2D eigenvalue weighted by atomic mass is 16.2. The summed E-state index contributed by atoms with van der Waals surface area (Å²) in [6, 6.07) is 9.21. The minimum Gasteiger partial charge on any atom is -0.323 e. The number of amides is 2. The summed E-state index contributed by atoms with van der Waals surface area (Å²) in [5.41, 5.74) is 3.62. The predicted molar refractivity (Wildman–Crippen MR) is 99.0 cm³/mol. The molecule has 132 valence electrons. The number of aryl methyl sites for hydroxylation is 2. The van der Waals surface area contributed by atoms with E-state index in [0.29, 0.717) is 16.9 Å². The van der Waals surface area contributed by atoms with Gasteiger partial charge in [0, 0.05) is 18.0 Å². The molecule has 0 aliphatic rings. The molecule has 0 spiro atoms. The molecule has 2 amide bonds. The first-order valence-electron chi connectivity index (χ1n) is 8.13. The number of nitrogens with zero attached hydrogens (tertiary/aromatic N) is 3. The maximum Gasteiger partial charge on any atom is 0.256 e. The molecular formula is C19H19N5O2. The van der Waals surface area contributed by atoms with Gasteiger partial charge < -0.3 is 10.6 Å². The smallest absolute Gasteiger partial charge is 0.256 e. The van der Waals surface area contributed by atoms with Crippen molar-refractivity contribution < 1.29 is 9.59 Å². The van der Waals surface area contributed by atoms with Gasteiger partial charge in [-0.1, -0.05) is 18.2 Å². The first kappa shape index (κ1) is 17.3. The molecule has 26 heavy (non-hydrogen) atoms. The Hall–Kier alpha value is -3.48. The summed E-state index contributed by atoms with van der Waals surface area (Å²) in [7, 11) is 0. The van der Waals surface area contributed by atoms with Crippen LogP contribution in [0.2, 0.25) is 0 Å². The maximum atomic E-state index is 12.5. The molecule has 2 N–H and O–H groups in total. The molecule has 3 rings (SSSR count). The van der Waals surface area contributed by atoms with Crippen molar-refractivity contribution in [1.82, 2.24) is 14.8 Å². The van der Waals surface area contributed by atoms with Crippen molar-refractivity contribution in [2.75, 3.05) is 10.6 Å². The summed E-state index contributed by atoms with van der Waals surface area (Å²) in [6.07, 6.45) is 6.34. The molecule has 0 aliphatic carbocycles. The molecule has 7 heteroatoms.